The van der Waals surface area contributed by atoms with E-state index < -0.39 is 6.67 Å². The summed E-state index contributed by atoms with van der Waals surface area (Å²) >= 11 is 0. The van der Waals surface area contributed by atoms with Crippen molar-refractivity contribution in [2.45, 2.75) is 40.5 Å². The Bertz CT molecular complexity index is 238. The maximum absolute atomic E-state index is 12.0. The van der Waals surface area contributed by atoms with E-state index >= 15 is 0 Å². The Hall–Kier alpha value is -0.970. The summed E-state index contributed by atoms with van der Waals surface area (Å²) < 4.78 is 12.0. The molecule has 17 heavy (non-hydrogen) atoms. The van der Waals surface area contributed by atoms with Crippen molar-refractivity contribution in [3.63, 3.8) is 0 Å². The minimum absolute atomic E-state index is 0.250. The molecule has 0 aliphatic rings. The van der Waals surface area contributed by atoms with Crippen molar-refractivity contribution in [1.82, 2.24) is 0 Å². The van der Waals surface area contributed by atoms with Crippen LogP contribution in [0.2, 0.25) is 0 Å². The quantitative estimate of drug-likeness (QED) is 0.805. The smallest absolute Gasteiger partial charge is 0.115 e. The van der Waals surface area contributed by atoms with Gasteiger partial charge in [-0.15, -0.1) is 0 Å². The highest BCUT2D eigenvalue weighted by atomic mass is 19.1. The molecule has 4 heteroatoms. The summed E-state index contributed by atoms with van der Waals surface area (Å²) in [5.41, 5.74) is 1.62. The van der Waals surface area contributed by atoms with E-state index in [0.29, 0.717) is 12.2 Å². The van der Waals surface area contributed by atoms with Gasteiger partial charge in [0.1, 0.15) is 6.67 Å². The van der Waals surface area contributed by atoms with Gasteiger partial charge in [-0.25, -0.2) is 10.3 Å². The second-order valence-corrected chi connectivity index (χ2v) is 3.28. The van der Waals surface area contributed by atoms with Crippen molar-refractivity contribution in [3.05, 3.63) is 35.4 Å². The molecular formula is C13H24FNO2. The van der Waals surface area contributed by atoms with E-state index in [-0.39, 0.29) is 6.61 Å². The highest BCUT2D eigenvalue weighted by Gasteiger charge is 1.92. The fourth-order valence-electron chi connectivity index (χ4n) is 0.821. The lowest BCUT2D eigenvalue weighted by Crippen LogP contribution is -1.98. The Balaban J connectivity index is 0. The zero-order valence-electron chi connectivity index (χ0n) is 10.9. The number of hydrogen-bond donors (Lipinski definition) is 2. The van der Waals surface area contributed by atoms with Crippen LogP contribution in [-0.2, 0) is 18.1 Å². The molecule has 0 saturated heterocycles. The summed E-state index contributed by atoms with van der Waals surface area (Å²) in [6.07, 6.45) is 1.25. The van der Waals surface area contributed by atoms with Crippen LogP contribution in [0.3, 0.4) is 0 Å². The first-order valence-corrected chi connectivity index (χ1v) is 5.76. The summed E-state index contributed by atoms with van der Waals surface area (Å²) in [6, 6.07) is 7.02. The fourth-order valence-corrected chi connectivity index (χ4v) is 0.821. The number of nitrogens with two attached hydrogens (primary N) is 1. The summed E-state index contributed by atoms with van der Waals surface area (Å²) in [5, 5.41) is 7.57. The number of aliphatic hydroxyl groups excluding tert-OH is 1. The van der Waals surface area contributed by atoms with Gasteiger partial charge in [0.2, 0.25) is 0 Å². The summed E-state index contributed by atoms with van der Waals surface area (Å²) in [5.74, 6) is 4.86. The molecule has 3 nitrogen and oxygen atoms in total. The Morgan fingerprint density at radius 3 is 1.76 bits per heavy atom. The van der Waals surface area contributed by atoms with Crippen LogP contribution < -0.4 is 5.90 Å². The third kappa shape index (κ3) is 13.0. The SMILES string of the molecule is CCC.CCO.NOCc1ccc(CF)cc1. The molecule has 0 aromatic heterocycles. The van der Waals surface area contributed by atoms with E-state index in [1.54, 1.807) is 31.2 Å². The van der Waals surface area contributed by atoms with Crippen molar-refractivity contribution in [3.8, 4) is 0 Å². The monoisotopic (exact) mass is 245 g/mol. The molecule has 100 valence electrons. The van der Waals surface area contributed by atoms with E-state index in [1.165, 1.54) is 6.42 Å². The van der Waals surface area contributed by atoms with Gasteiger partial charge >= 0.3 is 0 Å². The zero-order valence-corrected chi connectivity index (χ0v) is 10.9. The number of alkyl halides is 1. The molecule has 0 saturated carbocycles. The van der Waals surface area contributed by atoms with Gasteiger partial charge in [-0.05, 0) is 18.1 Å². The van der Waals surface area contributed by atoms with Gasteiger partial charge in [0, 0.05) is 6.61 Å². The summed E-state index contributed by atoms with van der Waals surface area (Å²) in [7, 11) is 0. The molecule has 0 aliphatic carbocycles. The lowest BCUT2D eigenvalue weighted by atomic mass is 10.2. The van der Waals surface area contributed by atoms with Crippen molar-refractivity contribution in [2.24, 2.45) is 5.90 Å². The highest BCUT2D eigenvalue weighted by molar-refractivity contribution is 5.21. The third-order valence-electron chi connectivity index (χ3n) is 1.43. The van der Waals surface area contributed by atoms with Crippen LogP contribution in [0.1, 0.15) is 38.3 Å². The molecule has 0 spiro atoms. The molecule has 0 bridgehead atoms. The largest absolute Gasteiger partial charge is 0.397 e. The molecule has 0 radical (unpaired) electrons. The normalized spacial score (nSPS) is 8.59. The first-order valence-electron chi connectivity index (χ1n) is 5.76. The zero-order chi connectivity index (χ0) is 13.5. The molecule has 0 aliphatic heterocycles. The Morgan fingerprint density at radius 2 is 1.47 bits per heavy atom. The van der Waals surface area contributed by atoms with Crippen LogP contribution in [0.25, 0.3) is 0 Å². The highest BCUT2D eigenvalue weighted by Crippen LogP contribution is 2.05. The van der Waals surface area contributed by atoms with Crippen molar-refractivity contribution < 1.29 is 14.3 Å². The molecule has 3 N–H and O–H groups in total. The molecule has 0 atom stereocenters. The van der Waals surface area contributed by atoms with Gasteiger partial charge in [-0.1, -0.05) is 44.5 Å². The standard InChI is InChI=1S/C8H10FNO.C3H8.C2H6O/c9-5-7-1-3-8(4-2-7)6-11-10;1-3-2;1-2-3/h1-4H,5-6,10H2;3H2,1-2H3;3H,2H2,1H3. The topological polar surface area (TPSA) is 55.5 Å². The molecule has 1 aromatic rings. The van der Waals surface area contributed by atoms with Crippen LogP contribution in [0.5, 0.6) is 0 Å². The van der Waals surface area contributed by atoms with Gasteiger partial charge in [-0.3, -0.25) is 4.84 Å². The lowest BCUT2D eigenvalue weighted by molar-refractivity contribution is 0.124. The van der Waals surface area contributed by atoms with Crippen LogP contribution in [0.15, 0.2) is 24.3 Å². The molecule has 1 rings (SSSR count). The first-order chi connectivity index (χ1) is 8.19. The molecule has 0 heterocycles. The van der Waals surface area contributed by atoms with Crippen LogP contribution in [-0.4, -0.2) is 11.7 Å². The minimum Gasteiger partial charge on any atom is -0.397 e. The number of hydrogen-bond acceptors (Lipinski definition) is 3. The van der Waals surface area contributed by atoms with Crippen LogP contribution >= 0.6 is 0 Å². The molecule has 0 fully saturated rings. The average Bonchev–Trinajstić information content (AvgIpc) is 2.32. The number of rotatable bonds is 3. The molecular weight excluding hydrogens is 221 g/mol. The number of halogens is 1. The van der Waals surface area contributed by atoms with Crippen molar-refractivity contribution >= 4 is 0 Å². The maximum atomic E-state index is 12.0. The number of benzene rings is 1. The van der Waals surface area contributed by atoms with Crippen LogP contribution in [0.4, 0.5) is 4.39 Å². The second kappa shape index (κ2) is 15.0. The third-order valence-corrected chi connectivity index (χ3v) is 1.43. The van der Waals surface area contributed by atoms with Gasteiger partial charge < -0.3 is 5.11 Å². The molecule has 1 aromatic carbocycles. The van der Waals surface area contributed by atoms with Crippen molar-refractivity contribution in [1.29, 1.82) is 0 Å². The fraction of sp³-hybridized carbons (Fsp3) is 0.538. The first kappa shape index (κ1) is 18.4. The van der Waals surface area contributed by atoms with Crippen LogP contribution in [0, 0.1) is 0 Å². The predicted molar refractivity (Wildman–Crippen MR) is 69.0 cm³/mol. The Labute approximate surface area is 103 Å². The number of aliphatic hydroxyl groups is 1. The Morgan fingerprint density at radius 1 is 1.12 bits per heavy atom. The minimum atomic E-state index is -0.427. The maximum Gasteiger partial charge on any atom is 0.115 e. The lowest BCUT2D eigenvalue weighted by Gasteiger charge is -1.98. The van der Waals surface area contributed by atoms with E-state index in [2.05, 4.69) is 18.7 Å². The molecule has 0 unspecified atom stereocenters. The van der Waals surface area contributed by atoms with E-state index in [9.17, 15) is 4.39 Å². The van der Waals surface area contributed by atoms with Gasteiger partial charge in [-0.2, -0.15) is 0 Å². The van der Waals surface area contributed by atoms with Crippen molar-refractivity contribution in [2.75, 3.05) is 6.61 Å². The summed E-state index contributed by atoms with van der Waals surface area (Å²) in [6.45, 7) is 6.12. The molecule has 0 amide bonds. The average molecular weight is 245 g/mol. The van der Waals surface area contributed by atoms with Gasteiger partial charge in [0.15, 0.2) is 0 Å². The van der Waals surface area contributed by atoms with E-state index in [4.69, 9.17) is 11.0 Å². The second-order valence-electron chi connectivity index (χ2n) is 3.28. The summed E-state index contributed by atoms with van der Waals surface area (Å²) in [4.78, 5) is 4.41. The predicted octanol–water partition coefficient (Wildman–Crippen LogP) is 2.96. The van der Waals surface area contributed by atoms with Gasteiger partial charge in [0.25, 0.3) is 0 Å². The van der Waals surface area contributed by atoms with Gasteiger partial charge in [0.05, 0.1) is 6.61 Å². The van der Waals surface area contributed by atoms with E-state index in [1.807, 2.05) is 0 Å². The van der Waals surface area contributed by atoms with E-state index in [0.717, 1.165) is 5.56 Å². The Kier molecular flexibility index (Phi) is 16.3.